The largest absolute Gasteiger partial charge is 0.434 e. The maximum absolute atomic E-state index is 15.4. The smallest absolute Gasteiger partial charge is 0.347 e. The molecule has 0 atom stereocenters. The van der Waals surface area contributed by atoms with Gasteiger partial charge in [-0.2, -0.15) is 18.4 Å². The maximum atomic E-state index is 15.4. The molecule has 11 heteroatoms. The number of benzene rings is 1. The molecular formula is C24H24F4N4O2S. The summed E-state index contributed by atoms with van der Waals surface area (Å²) < 4.78 is 85.5. The summed E-state index contributed by atoms with van der Waals surface area (Å²) in [7, 11) is -3.49. The molecule has 4 rings (SSSR count). The van der Waals surface area contributed by atoms with Crippen molar-refractivity contribution in [2.75, 3.05) is 0 Å². The highest BCUT2D eigenvalue weighted by Crippen LogP contribution is 2.40. The van der Waals surface area contributed by atoms with E-state index in [-0.39, 0.29) is 17.5 Å². The number of pyridine rings is 1. The van der Waals surface area contributed by atoms with Crippen LogP contribution in [-0.4, -0.2) is 23.2 Å². The number of aromatic nitrogens is 2. The van der Waals surface area contributed by atoms with Crippen LogP contribution in [0.3, 0.4) is 0 Å². The minimum absolute atomic E-state index is 0.0740. The van der Waals surface area contributed by atoms with Gasteiger partial charge in [0.25, 0.3) is 0 Å². The molecule has 1 N–H and O–H groups in total. The molecule has 0 radical (unpaired) electrons. The van der Waals surface area contributed by atoms with E-state index < -0.39 is 44.1 Å². The van der Waals surface area contributed by atoms with Crippen molar-refractivity contribution in [3.05, 3.63) is 53.2 Å². The molecule has 1 aliphatic rings. The molecule has 2 aromatic heterocycles. The molecule has 0 aliphatic heterocycles. The molecule has 35 heavy (non-hydrogen) atoms. The molecule has 1 aromatic carbocycles. The number of fused-ring (bicyclic) bond motifs is 1. The molecule has 0 saturated heterocycles. The van der Waals surface area contributed by atoms with Crippen LogP contribution in [0.15, 0.2) is 30.6 Å². The lowest BCUT2D eigenvalue weighted by Gasteiger charge is -2.20. The zero-order valence-corrected chi connectivity index (χ0v) is 20.2. The van der Waals surface area contributed by atoms with Gasteiger partial charge in [0, 0.05) is 47.5 Å². The Kier molecular flexibility index (Phi) is 6.18. The highest BCUT2D eigenvalue weighted by atomic mass is 32.2. The topological polar surface area (TPSA) is 87.8 Å². The summed E-state index contributed by atoms with van der Waals surface area (Å²) in [5.41, 5.74) is -2.03. The van der Waals surface area contributed by atoms with Crippen LogP contribution >= 0.6 is 0 Å². The minimum Gasteiger partial charge on any atom is -0.347 e. The van der Waals surface area contributed by atoms with Crippen LogP contribution in [0.5, 0.6) is 0 Å². The van der Waals surface area contributed by atoms with Gasteiger partial charge in [0.05, 0.1) is 16.9 Å². The normalized spacial score (nSPS) is 14.9. The first kappa shape index (κ1) is 25.1. The summed E-state index contributed by atoms with van der Waals surface area (Å²) in [4.78, 5) is 3.40. The summed E-state index contributed by atoms with van der Waals surface area (Å²) in [5, 5.41) is 9.40. The van der Waals surface area contributed by atoms with Crippen LogP contribution in [0.1, 0.15) is 50.4 Å². The highest BCUT2D eigenvalue weighted by molar-refractivity contribution is 7.90. The van der Waals surface area contributed by atoms with Gasteiger partial charge in [-0.25, -0.2) is 17.5 Å². The van der Waals surface area contributed by atoms with Gasteiger partial charge in [0.15, 0.2) is 5.69 Å². The highest BCUT2D eigenvalue weighted by Gasteiger charge is 2.38. The van der Waals surface area contributed by atoms with Gasteiger partial charge in [0.1, 0.15) is 5.82 Å². The molecule has 2 heterocycles. The van der Waals surface area contributed by atoms with Gasteiger partial charge in [-0.05, 0) is 42.0 Å². The number of nitrogens with one attached hydrogen (secondary N) is 1. The van der Waals surface area contributed by atoms with Gasteiger partial charge >= 0.3 is 6.18 Å². The van der Waals surface area contributed by atoms with E-state index in [4.69, 9.17) is 0 Å². The number of hydrogen-bond acceptors (Lipinski definition) is 4. The number of hydrogen-bond donors (Lipinski definition) is 1. The fourth-order valence-corrected chi connectivity index (χ4v) is 5.42. The number of nitrogens with zero attached hydrogens (tertiary/aromatic N) is 3. The Balaban J connectivity index is 1.91. The Hall–Kier alpha value is -2.97. The third-order valence-electron chi connectivity index (χ3n) is 5.73. The summed E-state index contributed by atoms with van der Waals surface area (Å²) >= 11 is 0. The lowest BCUT2D eigenvalue weighted by Crippen LogP contribution is -2.26. The number of alkyl halides is 3. The molecule has 1 fully saturated rings. The van der Waals surface area contributed by atoms with E-state index in [2.05, 4.69) is 9.71 Å². The van der Waals surface area contributed by atoms with E-state index in [0.717, 1.165) is 18.3 Å². The number of halogens is 4. The molecule has 186 valence electrons. The quantitative estimate of drug-likeness (QED) is 0.454. The zero-order chi connectivity index (χ0) is 25.8. The second kappa shape index (κ2) is 8.60. The minimum atomic E-state index is -4.90. The molecule has 1 aliphatic carbocycles. The zero-order valence-electron chi connectivity index (χ0n) is 19.4. The SMILES string of the molecule is CC(C)(C)Cn1cc(CNS(=O)(=O)C2CC2)c2cc(F)c(-c3c(C#N)ccnc3C(F)(F)F)cc21. The van der Waals surface area contributed by atoms with E-state index in [9.17, 15) is 26.9 Å². The van der Waals surface area contributed by atoms with Crippen LogP contribution in [0.2, 0.25) is 0 Å². The first-order valence-corrected chi connectivity index (χ1v) is 12.5. The second-order valence-corrected chi connectivity index (χ2v) is 12.0. The van der Waals surface area contributed by atoms with Crippen molar-refractivity contribution in [1.82, 2.24) is 14.3 Å². The van der Waals surface area contributed by atoms with E-state index >= 15 is 4.39 Å². The molecule has 1 saturated carbocycles. The van der Waals surface area contributed by atoms with Gasteiger partial charge in [-0.1, -0.05) is 20.8 Å². The first-order chi connectivity index (χ1) is 16.2. The van der Waals surface area contributed by atoms with Crippen LogP contribution < -0.4 is 4.72 Å². The molecule has 6 nitrogen and oxygen atoms in total. The average Bonchev–Trinajstić information content (AvgIpc) is 3.56. The van der Waals surface area contributed by atoms with E-state index in [1.165, 1.54) is 6.07 Å². The lowest BCUT2D eigenvalue weighted by molar-refractivity contribution is -0.140. The Morgan fingerprint density at radius 2 is 1.91 bits per heavy atom. The summed E-state index contributed by atoms with van der Waals surface area (Å²) in [5.74, 6) is -0.965. The van der Waals surface area contributed by atoms with Crippen molar-refractivity contribution < 1.29 is 26.0 Å². The number of nitriles is 1. The molecule has 0 bridgehead atoms. The predicted octanol–water partition coefficient (Wildman–Crippen LogP) is 5.36. The monoisotopic (exact) mass is 508 g/mol. The molecular weight excluding hydrogens is 484 g/mol. The fraction of sp³-hybridized carbons (Fsp3) is 0.417. The van der Waals surface area contributed by atoms with E-state index in [1.807, 2.05) is 20.8 Å². The third kappa shape index (κ3) is 5.18. The van der Waals surface area contributed by atoms with E-state index in [0.29, 0.717) is 35.9 Å². The Morgan fingerprint density at radius 3 is 2.49 bits per heavy atom. The maximum Gasteiger partial charge on any atom is 0.434 e. The van der Waals surface area contributed by atoms with Gasteiger partial charge in [-0.15, -0.1) is 0 Å². The number of rotatable bonds is 6. The van der Waals surface area contributed by atoms with Crippen molar-refractivity contribution in [3.8, 4) is 17.2 Å². The van der Waals surface area contributed by atoms with Gasteiger partial charge < -0.3 is 4.57 Å². The Labute approximate surface area is 200 Å². The number of sulfonamides is 1. The summed E-state index contributed by atoms with van der Waals surface area (Å²) in [6, 6.07) is 5.19. The fourth-order valence-electron chi connectivity index (χ4n) is 4.08. The third-order valence-corrected chi connectivity index (χ3v) is 7.63. The second-order valence-electron chi connectivity index (χ2n) is 9.95. The van der Waals surface area contributed by atoms with Crippen LogP contribution in [0.4, 0.5) is 17.6 Å². The standard InChI is InChI=1S/C24H24F4N4O2S/c1-23(2,3)13-32-12-15(11-31-35(33,34)16-4-5-16)17-8-19(25)18(9-20(17)32)21-14(10-29)6-7-30-22(21)24(26,27)28/h6-9,12,16,31H,4-5,11,13H2,1-3H3. The molecule has 0 unspecified atom stereocenters. The van der Waals surface area contributed by atoms with Crippen molar-refractivity contribution in [1.29, 1.82) is 5.26 Å². The van der Waals surface area contributed by atoms with Crippen LogP contribution in [0, 0.1) is 22.6 Å². The molecule has 0 amide bonds. The van der Waals surface area contributed by atoms with Crippen LogP contribution in [0.25, 0.3) is 22.0 Å². The average molecular weight is 509 g/mol. The summed E-state index contributed by atoms with van der Waals surface area (Å²) in [6.07, 6.45) is -1.16. The van der Waals surface area contributed by atoms with Crippen molar-refractivity contribution in [2.45, 2.75) is 58.1 Å². The predicted molar refractivity (Wildman–Crippen MR) is 123 cm³/mol. The van der Waals surface area contributed by atoms with Gasteiger partial charge in [-0.3, -0.25) is 4.98 Å². The first-order valence-electron chi connectivity index (χ1n) is 11.0. The molecule has 0 spiro atoms. The Bertz CT molecular complexity index is 1440. The Morgan fingerprint density at radius 1 is 1.23 bits per heavy atom. The van der Waals surface area contributed by atoms with E-state index in [1.54, 1.807) is 16.8 Å². The van der Waals surface area contributed by atoms with Crippen molar-refractivity contribution >= 4 is 20.9 Å². The molecule has 3 aromatic rings. The van der Waals surface area contributed by atoms with Gasteiger partial charge in [0.2, 0.25) is 10.0 Å². The summed E-state index contributed by atoms with van der Waals surface area (Å²) in [6.45, 7) is 6.27. The van der Waals surface area contributed by atoms with Crippen LogP contribution in [-0.2, 0) is 29.3 Å². The van der Waals surface area contributed by atoms with Crippen molar-refractivity contribution in [2.24, 2.45) is 5.41 Å². The van der Waals surface area contributed by atoms with Crippen molar-refractivity contribution in [3.63, 3.8) is 0 Å². The lowest BCUT2D eigenvalue weighted by atomic mass is 9.95.